The largest absolute Gasteiger partial charge is 0.204 e. The van der Waals surface area contributed by atoms with Crippen LogP contribution in [0, 0.1) is 17.6 Å². The van der Waals surface area contributed by atoms with Crippen molar-refractivity contribution in [1.29, 1.82) is 0 Å². The first kappa shape index (κ1) is 12.3. The van der Waals surface area contributed by atoms with Gasteiger partial charge < -0.3 is 0 Å². The highest BCUT2D eigenvalue weighted by Gasteiger charge is 2.27. The fraction of sp³-hybridized carbons (Fsp3) is 0.500. The predicted molar refractivity (Wildman–Crippen MR) is 65.1 cm³/mol. The zero-order valence-electron chi connectivity index (χ0n) is 8.87. The lowest BCUT2D eigenvalue weighted by molar-refractivity contribution is 0.485. The molecule has 0 aliphatic heterocycles. The fourth-order valence-corrected chi connectivity index (χ4v) is 3.62. The van der Waals surface area contributed by atoms with Crippen molar-refractivity contribution in [2.45, 2.75) is 31.0 Å². The third-order valence-electron chi connectivity index (χ3n) is 3.12. The van der Waals surface area contributed by atoms with Crippen LogP contribution in [0.3, 0.4) is 0 Å². The van der Waals surface area contributed by atoms with Gasteiger partial charge in [-0.05, 0) is 36.8 Å². The van der Waals surface area contributed by atoms with E-state index in [0.717, 1.165) is 24.5 Å². The molecule has 0 heterocycles. The van der Waals surface area contributed by atoms with E-state index in [4.69, 9.17) is 11.6 Å². The van der Waals surface area contributed by atoms with Crippen LogP contribution in [0.2, 0.25) is 5.02 Å². The normalized spacial score (nSPS) is 25.1. The number of hydrogen-bond acceptors (Lipinski definition) is 0. The molecule has 0 nitrogen and oxygen atoms in total. The van der Waals surface area contributed by atoms with Gasteiger partial charge in [-0.1, -0.05) is 34.5 Å². The molecular weight excluding hydrogens is 297 g/mol. The Hall–Kier alpha value is -0.150. The quantitative estimate of drug-likeness (QED) is 0.358. The Labute approximate surface area is 107 Å². The SMILES string of the molecule is CC1CCc2c(Cl)cc(F)c(F)c2C(Br)C1. The summed E-state index contributed by atoms with van der Waals surface area (Å²) in [5.74, 6) is -1.13. The molecule has 16 heavy (non-hydrogen) atoms. The van der Waals surface area contributed by atoms with E-state index in [2.05, 4.69) is 22.9 Å². The molecule has 0 saturated carbocycles. The van der Waals surface area contributed by atoms with Crippen molar-refractivity contribution in [2.75, 3.05) is 0 Å². The molecule has 4 heteroatoms. The zero-order chi connectivity index (χ0) is 11.9. The van der Waals surface area contributed by atoms with Crippen LogP contribution in [0.15, 0.2) is 6.07 Å². The van der Waals surface area contributed by atoms with Gasteiger partial charge in [-0.3, -0.25) is 0 Å². The van der Waals surface area contributed by atoms with Crippen molar-refractivity contribution < 1.29 is 8.78 Å². The van der Waals surface area contributed by atoms with Crippen molar-refractivity contribution in [3.8, 4) is 0 Å². The van der Waals surface area contributed by atoms with Gasteiger partial charge in [0.25, 0.3) is 0 Å². The highest BCUT2D eigenvalue weighted by molar-refractivity contribution is 9.09. The maximum atomic E-state index is 13.8. The Kier molecular flexibility index (Phi) is 3.55. The molecule has 0 bridgehead atoms. The van der Waals surface area contributed by atoms with Crippen LogP contribution >= 0.6 is 27.5 Å². The minimum atomic E-state index is -0.859. The lowest BCUT2D eigenvalue weighted by Gasteiger charge is -2.14. The molecule has 2 unspecified atom stereocenters. The van der Waals surface area contributed by atoms with Gasteiger partial charge >= 0.3 is 0 Å². The van der Waals surface area contributed by atoms with Gasteiger partial charge in [0.15, 0.2) is 11.6 Å². The standard InChI is InChI=1S/C12H12BrClF2/c1-6-2-3-7-9(14)5-10(15)12(16)11(7)8(13)4-6/h5-6,8H,2-4H2,1H3. The summed E-state index contributed by atoms with van der Waals surface area (Å²) in [5, 5.41) is 0.340. The average molecular weight is 310 g/mol. The first-order valence-electron chi connectivity index (χ1n) is 5.31. The molecule has 0 radical (unpaired) electrons. The van der Waals surface area contributed by atoms with Crippen molar-refractivity contribution in [3.63, 3.8) is 0 Å². The van der Waals surface area contributed by atoms with Crippen molar-refractivity contribution >= 4 is 27.5 Å². The number of rotatable bonds is 0. The first-order valence-corrected chi connectivity index (χ1v) is 6.60. The minimum Gasteiger partial charge on any atom is -0.204 e. The van der Waals surface area contributed by atoms with Gasteiger partial charge in [-0.25, -0.2) is 8.78 Å². The highest BCUT2D eigenvalue weighted by Crippen LogP contribution is 2.41. The molecule has 0 spiro atoms. The summed E-state index contributed by atoms with van der Waals surface area (Å²) in [4.78, 5) is -0.145. The molecule has 1 aliphatic carbocycles. The van der Waals surface area contributed by atoms with Crippen molar-refractivity contribution in [3.05, 3.63) is 33.9 Å². The number of fused-ring (bicyclic) bond motifs is 1. The fourth-order valence-electron chi connectivity index (χ4n) is 2.21. The van der Waals surface area contributed by atoms with Gasteiger partial charge in [-0.15, -0.1) is 0 Å². The van der Waals surface area contributed by atoms with E-state index in [1.54, 1.807) is 0 Å². The minimum absolute atomic E-state index is 0.145. The zero-order valence-corrected chi connectivity index (χ0v) is 11.2. The number of hydrogen-bond donors (Lipinski definition) is 0. The topological polar surface area (TPSA) is 0 Å². The van der Waals surface area contributed by atoms with Crippen molar-refractivity contribution in [1.82, 2.24) is 0 Å². The van der Waals surface area contributed by atoms with E-state index >= 15 is 0 Å². The van der Waals surface area contributed by atoms with Crippen LogP contribution in [0.5, 0.6) is 0 Å². The summed E-state index contributed by atoms with van der Waals surface area (Å²) in [7, 11) is 0. The van der Waals surface area contributed by atoms with E-state index in [0.29, 0.717) is 22.9 Å². The Bertz CT molecular complexity index is 420. The lowest BCUT2D eigenvalue weighted by atomic mass is 10.0. The molecular formula is C12H12BrClF2. The smallest absolute Gasteiger partial charge is 0.163 e. The van der Waals surface area contributed by atoms with Crippen LogP contribution in [-0.2, 0) is 6.42 Å². The summed E-state index contributed by atoms with van der Waals surface area (Å²) in [6.45, 7) is 2.11. The third kappa shape index (κ3) is 2.12. The van der Waals surface area contributed by atoms with E-state index in [1.807, 2.05) is 0 Å². The monoisotopic (exact) mass is 308 g/mol. The Morgan fingerprint density at radius 1 is 1.44 bits per heavy atom. The van der Waals surface area contributed by atoms with Crippen LogP contribution in [-0.4, -0.2) is 0 Å². The van der Waals surface area contributed by atoms with Gasteiger partial charge in [0.2, 0.25) is 0 Å². The molecule has 0 fully saturated rings. The molecule has 0 aromatic heterocycles. The van der Waals surface area contributed by atoms with E-state index < -0.39 is 11.6 Å². The first-order chi connectivity index (χ1) is 7.50. The molecule has 1 aromatic rings. The molecule has 2 atom stereocenters. The third-order valence-corrected chi connectivity index (χ3v) is 4.29. The second kappa shape index (κ2) is 4.61. The Morgan fingerprint density at radius 2 is 2.12 bits per heavy atom. The highest BCUT2D eigenvalue weighted by atomic mass is 79.9. The van der Waals surface area contributed by atoms with E-state index in [9.17, 15) is 8.78 Å². The van der Waals surface area contributed by atoms with Crippen molar-refractivity contribution in [2.24, 2.45) is 5.92 Å². The van der Waals surface area contributed by atoms with Gasteiger partial charge in [0.1, 0.15) is 0 Å². The van der Waals surface area contributed by atoms with Crippen LogP contribution in [0.4, 0.5) is 8.78 Å². The van der Waals surface area contributed by atoms with E-state index in [-0.39, 0.29) is 4.83 Å². The van der Waals surface area contributed by atoms with E-state index in [1.165, 1.54) is 0 Å². The molecule has 88 valence electrons. The molecule has 1 aliphatic rings. The van der Waals surface area contributed by atoms with Crippen LogP contribution in [0.25, 0.3) is 0 Å². The molecule has 1 aromatic carbocycles. The number of halogens is 4. The maximum absolute atomic E-state index is 13.8. The second-order valence-electron chi connectivity index (χ2n) is 4.39. The Morgan fingerprint density at radius 3 is 2.81 bits per heavy atom. The van der Waals surface area contributed by atoms with Gasteiger partial charge in [0, 0.05) is 15.4 Å². The second-order valence-corrected chi connectivity index (χ2v) is 5.91. The maximum Gasteiger partial charge on any atom is 0.163 e. The summed E-state index contributed by atoms with van der Waals surface area (Å²) < 4.78 is 27.0. The molecule has 0 saturated heterocycles. The van der Waals surface area contributed by atoms with Gasteiger partial charge in [0.05, 0.1) is 0 Å². The average Bonchev–Trinajstić information content (AvgIpc) is 2.34. The van der Waals surface area contributed by atoms with Crippen LogP contribution < -0.4 is 0 Å². The molecule has 0 amide bonds. The predicted octanol–water partition coefficient (Wildman–Crippen LogP) is 5.03. The molecule has 0 N–H and O–H groups in total. The summed E-state index contributed by atoms with van der Waals surface area (Å²) >= 11 is 9.41. The number of benzene rings is 1. The summed E-state index contributed by atoms with van der Waals surface area (Å²) in [5.41, 5.74) is 1.17. The van der Waals surface area contributed by atoms with Gasteiger partial charge in [-0.2, -0.15) is 0 Å². The molecule has 2 rings (SSSR count). The van der Waals surface area contributed by atoms with Crippen LogP contribution in [0.1, 0.15) is 35.7 Å². The summed E-state index contributed by atoms with van der Waals surface area (Å²) in [6.07, 6.45) is 2.48. The lowest BCUT2D eigenvalue weighted by Crippen LogP contribution is -2.02. The summed E-state index contributed by atoms with van der Waals surface area (Å²) in [6, 6.07) is 1.07. The number of alkyl halides is 1. The Balaban J connectivity index is 2.59.